The number of halogens is 4. The van der Waals surface area contributed by atoms with Crippen LogP contribution in [-0.2, 0) is 10.3 Å². The Morgan fingerprint density at radius 2 is 1.26 bits per heavy atom. The number of carboxylic acid groups (broad SMARTS) is 2. The van der Waals surface area contributed by atoms with Crippen LogP contribution in [0, 0.1) is 23.3 Å². The van der Waals surface area contributed by atoms with Gasteiger partial charge in [0.25, 0.3) is 0 Å². The minimum absolute atomic E-state index is 0.0313. The highest BCUT2D eigenvalue weighted by Crippen LogP contribution is 2.58. The summed E-state index contributed by atoms with van der Waals surface area (Å²) in [7, 11) is 0. The number of anilines is 2. The molecule has 0 fully saturated rings. The fourth-order valence-electron chi connectivity index (χ4n) is 4.24. The molecule has 5 rings (SSSR count). The van der Waals surface area contributed by atoms with Crippen molar-refractivity contribution in [1.29, 1.82) is 0 Å². The van der Waals surface area contributed by atoms with Gasteiger partial charge in [-0.15, -0.1) is 0 Å². The number of benzene rings is 3. The van der Waals surface area contributed by atoms with Gasteiger partial charge in [-0.2, -0.15) is 0 Å². The summed E-state index contributed by atoms with van der Waals surface area (Å²) in [5.41, 5.74) is -4.87. The smallest absolute Gasteiger partial charge is 0.409 e. The van der Waals surface area contributed by atoms with Crippen LogP contribution in [0.1, 0.15) is 27.0 Å². The average molecular weight is 490 g/mol. The highest BCUT2D eigenvalue weighted by molar-refractivity contribution is 5.98. The van der Waals surface area contributed by atoms with Crippen molar-refractivity contribution in [3.63, 3.8) is 0 Å². The van der Waals surface area contributed by atoms with E-state index in [4.69, 9.17) is 19.7 Å². The monoisotopic (exact) mass is 490 g/mol. The lowest BCUT2D eigenvalue weighted by Crippen LogP contribution is -2.34. The summed E-state index contributed by atoms with van der Waals surface area (Å²) in [4.78, 5) is 34.8. The van der Waals surface area contributed by atoms with E-state index in [1.165, 1.54) is 24.3 Å². The number of amides is 2. The van der Waals surface area contributed by atoms with E-state index in [0.717, 1.165) is 12.1 Å². The molecule has 0 radical (unpaired) electrons. The van der Waals surface area contributed by atoms with Gasteiger partial charge in [0.2, 0.25) is 0 Å². The molecule has 9 nitrogen and oxygen atoms in total. The van der Waals surface area contributed by atoms with Crippen LogP contribution in [0.15, 0.2) is 36.4 Å². The summed E-state index contributed by atoms with van der Waals surface area (Å²) in [5.74, 6) is -10.2. The molecule has 1 spiro atoms. The van der Waals surface area contributed by atoms with Crippen molar-refractivity contribution < 1.29 is 51.6 Å². The van der Waals surface area contributed by atoms with E-state index >= 15 is 4.39 Å². The number of esters is 1. The largest absolute Gasteiger partial charge is 0.465 e. The molecule has 0 saturated heterocycles. The van der Waals surface area contributed by atoms with Gasteiger partial charge in [-0.05, 0) is 24.3 Å². The molecule has 4 N–H and O–H groups in total. The van der Waals surface area contributed by atoms with E-state index in [9.17, 15) is 27.6 Å². The number of carbonyl (C=O) groups excluding carboxylic acids is 1. The van der Waals surface area contributed by atoms with Gasteiger partial charge in [0.05, 0.1) is 5.56 Å². The SMILES string of the molecule is O=C(O)Nc1ccc2c(c1)Oc1cc(NC(=O)O)ccc1C21OC(=O)c2c(F)c(F)c(F)c(F)c21. The highest BCUT2D eigenvalue weighted by Gasteiger charge is 2.57. The second kappa shape index (κ2) is 7.35. The minimum atomic E-state index is -2.38. The minimum Gasteiger partial charge on any atom is -0.465 e. The molecule has 178 valence electrons. The number of carbonyl (C=O) groups is 3. The van der Waals surface area contributed by atoms with Crippen LogP contribution in [0.3, 0.4) is 0 Å². The molecule has 13 heteroatoms. The van der Waals surface area contributed by atoms with E-state index in [1.54, 1.807) is 0 Å². The Hall–Kier alpha value is -4.81. The maximum atomic E-state index is 15.2. The van der Waals surface area contributed by atoms with E-state index in [0.29, 0.717) is 0 Å². The Morgan fingerprint density at radius 1 is 0.771 bits per heavy atom. The molecule has 2 aliphatic heterocycles. The second-order valence-electron chi connectivity index (χ2n) is 7.46. The molecular formula is C22H10F4N2O7. The van der Waals surface area contributed by atoms with Gasteiger partial charge < -0.3 is 19.7 Å². The third-order valence-corrected chi connectivity index (χ3v) is 5.51. The van der Waals surface area contributed by atoms with Crippen molar-refractivity contribution in [3.05, 3.63) is 81.9 Å². The summed E-state index contributed by atoms with van der Waals surface area (Å²) < 4.78 is 69.3. The number of ether oxygens (including phenoxy) is 2. The fourth-order valence-corrected chi connectivity index (χ4v) is 4.24. The van der Waals surface area contributed by atoms with Gasteiger partial charge in [0.1, 0.15) is 17.1 Å². The van der Waals surface area contributed by atoms with Crippen molar-refractivity contribution >= 4 is 29.5 Å². The molecule has 0 aliphatic carbocycles. The van der Waals surface area contributed by atoms with Gasteiger partial charge >= 0.3 is 18.2 Å². The van der Waals surface area contributed by atoms with Crippen LogP contribution >= 0.6 is 0 Å². The molecule has 2 aliphatic rings. The summed E-state index contributed by atoms with van der Waals surface area (Å²) in [6.07, 6.45) is -2.88. The predicted molar refractivity (Wildman–Crippen MR) is 108 cm³/mol. The Kier molecular flexibility index (Phi) is 4.62. The lowest BCUT2D eigenvalue weighted by molar-refractivity contribution is 0.0215. The second-order valence-corrected chi connectivity index (χ2v) is 7.46. The molecule has 0 atom stereocenters. The lowest BCUT2D eigenvalue weighted by atomic mass is 9.77. The molecule has 35 heavy (non-hydrogen) atoms. The Labute approximate surface area is 191 Å². The lowest BCUT2D eigenvalue weighted by Gasteiger charge is -2.36. The molecular weight excluding hydrogens is 480 g/mol. The molecule has 2 amide bonds. The zero-order valence-corrected chi connectivity index (χ0v) is 16.9. The third kappa shape index (κ3) is 3.04. The van der Waals surface area contributed by atoms with Gasteiger partial charge in [0, 0.05) is 34.6 Å². The maximum absolute atomic E-state index is 15.2. The first-order valence-electron chi connectivity index (χ1n) is 9.61. The van der Waals surface area contributed by atoms with Crippen molar-refractivity contribution in [2.24, 2.45) is 0 Å². The maximum Gasteiger partial charge on any atom is 0.409 e. The van der Waals surface area contributed by atoms with Crippen molar-refractivity contribution in [2.75, 3.05) is 10.6 Å². The quantitative estimate of drug-likeness (QED) is 0.172. The summed E-state index contributed by atoms with van der Waals surface area (Å²) in [6, 6.07) is 7.01. The van der Waals surface area contributed by atoms with Gasteiger partial charge in [-0.3, -0.25) is 10.6 Å². The van der Waals surface area contributed by atoms with E-state index < -0.39 is 58.2 Å². The molecule has 3 aromatic carbocycles. The van der Waals surface area contributed by atoms with Gasteiger partial charge in [0.15, 0.2) is 28.9 Å². The standard InChI is InChI=1S/C22H10F4N2O7/c23-15-13-14(16(24)18(26)17(15)25)22(35-19(13)29)9-3-1-7(27-20(30)31)5-11(9)34-12-6-8(28-21(32)33)2-4-10(12)22/h1-6,27-28H,(H,30,31)(H,32,33). The van der Waals surface area contributed by atoms with Crippen LogP contribution in [0.2, 0.25) is 0 Å². The number of rotatable bonds is 2. The zero-order valence-electron chi connectivity index (χ0n) is 16.9. The Bertz CT molecular complexity index is 1430. The number of hydrogen-bond donors (Lipinski definition) is 4. The van der Waals surface area contributed by atoms with Crippen molar-refractivity contribution in [1.82, 2.24) is 0 Å². The molecule has 0 saturated carbocycles. The number of hydrogen-bond acceptors (Lipinski definition) is 5. The molecule has 2 heterocycles. The van der Waals surface area contributed by atoms with Gasteiger partial charge in [-0.25, -0.2) is 31.9 Å². The first-order chi connectivity index (χ1) is 16.5. The molecule has 0 bridgehead atoms. The van der Waals surface area contributed by atoms with Crippen LogP contribution in [0.5, 0.6) is 11.5 Å². The summed E-state index contributed by atoms with van der Waals surface area (Å²) in [6.45, 7) is 0. The summed E-state index contributed by atoms with van der Waals surface area (Å²) >= 11 is 0. The van der Waals surface area contributed by atoms with E-state index in [2.05, 4.69) is 10.6 Å². The Balaban J connectivity index is 1.86. The predicted octanol–water partition coefficient (Wildman–Crippen LogP) is 4.99. The average Bonchev–Trinajstić information content (AvgIpc) is 3.08. The van der Waals surface area contributed by atoms with Crippen LogP contribution in [-0.4, -0.2) is 28.4 Å². The van der Waals surface area contributed by atoms with Crippen molar-refractivity contribution in [3.8, 4) is 11.5 Å². The van der Waals surface area contributed by atoms with Crippen molar-refractivity contribution in [2.45, 2.75) is 5.60 Å². The third-order valence-electron chi connectivity index (χ3n) is 5.51. The van der Waals surface area contributed by atoms with E-state index in [1.807, 2.05) is 0 Å². The van der Waals surface area contributed by atoms with Crippen LogP contribution in [0.4, 0.5) is 38.5 Å². The highest BCUT2D eigenvalue weighted by atomic mass is 19.2. The molecule has 0 unspecified atom stereocenters. The zero-order chi connectivity index (χ0) is 25.2. The fraction of sp³-hybridized carbons (Fsp3) is 0.0455. The Morgan fingerprint density at radius 3 is 1.74 bits per heavy atom. The number of fused-ring (bicyclic) bond motifs is 6. The first-order valence-corrected chi connectivity index (χ1v) is 9.61. The van der Waals surface area contributed by atoms with E-state index in [-0.39, 0.29) is 34.0 Å². The first kappa shape index (κ1) is 22.0. The van der Waals surface area contributed by atoms with Crippen LogP contribution in [0.25, 0.3) is 0 Å². The molecule has 0 aromatic heterocycles. The number of nitrogens with one attached hydrogen (secondary N) is 2. The normalized spacial score (nSPS) is 14.3. The molecule has 3 aromatic rings. The topological polar surface area (TPSA) is 134 Å². The summed E-state index contributed by atoms with van der Waals surface area (Å²) in [5, 5.41) is 22.1. The van der Waals surface area contributed by atoms with Gasteiger partial charge in [-0.1, -0.05) is 0 Å². The van der Waals surface area contributed by atoms with Crippen LogP contribution < -0.4 is 15.4 Å².